The highest BCUT2D eigenvalue weighted by atomic mass is 35.5. The van der Waals surface area contributed by atoms with Gasteiger partial charge in [-0.05, 0) is 24.1 Å². The molecule has 0 aliphatic carbocycles. The molecule has 13 heavy (non-hydrogen) atoms. The lowest BCUT2D eigenvalue weighted by atomic mass is 10.2. The van der Waals surface area contributed by atoms with Crippen molar-refractivity contribution in [3.8, 4) is 0 Å². The van der Waals surface area contributed by atoms with E-state index in [-0.39, 0.29) is 0 Å². The van der Waals surface area contributed by atoms with Gasteiger partial charge in [0.1, 0.15) is 0 Å². The average Bonchev–Trinajstić information content (AvgIpc) is 2.18. The summed E-state index contributed by atoms with van der Waals surface area (Å²) in [5, 5.41) is 0. The average molecular weight is 217 g/mol. The molecule has 0 saturated heterocycles. The van der Waals surface area contributed by atoms with E-state index in [9.17, 15) is 4.21 Å². The third kappa shape index (κ3) is 3.12. The molecule has 1 rings (SSSR count). The van der Waals surface area contributed by atoms with Crippen LogP contribution in [0.25, 0.3) is 0 Å². The molecule has 0 heterocycles. The molecule has 1 aromatic rings. The standard InChI is InChI=1S/C10H13ClOS/c1-2-6-13(12)10-5-3-4-9(7-10)8-11/h3-5,7H,2,6,8H2,1H3. The largest absolute Gasteiger partial charge is 0.254 e. The summed E-state index contributed by atoms with van der Waals surface area (Å²) in [4.78, 5) is 0.889. The monoisotopic (exact) mass is 216 g/mol. The van der Waals surface area contributed by atoms with Crippen LogP contribution in [0.2, 0.25) is 0 Å². The molecule has 1 nitrogen and oxygen atoms in total. The molecule has 0 N–H and O–H groups in total. The maximum Gasteiger partial charge on any atom is 0.0529 e. The fourth-order valence-electron chi connectivity index (χ4n) is 1.07. The molecule has 1 aromatic carbocycles. The third-order valence-corrected chi connectivity index (χ3v) is 3.57. The van der Waals surface area contributed by atoms with Crippen LogP contribution in [0.5, 0.6) is 0 Å². The summed E-state index contributed by atoms with van der Waals surface area (Å²) in [5.41, 5.74) is 1.03. The summed E-state index contributed by atoms with van der Waals surface area (Å²) in [6.45, 7) is 2.03. The molecule has 0 saturated carbocycles. The molecular weight excluding hydrogens is 204 g/mol. The quantitative estimate of drug-likeness (QED) is 0.708. The van der Waals surface area contributed by atoms with Crippen LogP contribution in [-0.4, -0.2) is 9.96 Å². The van der Waals surface area contributed by atoms with Gasteiger partial charge in [0.05, 0.1) is 10.8 Å². The lowest BCUT2D eigenvalue weighted by molar-refractivity contribution is 0.682. The van der Waals surface area contributed by atoms with E-state index in [4.69, 9.17) is 11.6 Å². The summed E-state index contributed by atoms with van der Waals surface area (Å²) in [6.07, 6.45) is 0.942. The highest BCUT2D eigenvalue weighted by Crippen LogP contribution is 2.12. The van der Waals surface area contributed by atoms with E-state index in [2.05, 4.69) is 0 Å². The maximum atomic E-state index is 11.6. The van der Waals surface area contributed by atoms with Gasteiger partial charge in [-0.3, -0.25) is 4.21 Å². The predicted octanol–water partition coefficient (Wildman–Crippen LogP) is 2.94. The summed E-state index contributed by atoms with van der Waals surface area (Å²) >= 11 is 5.68. The minimum absolute atomic E-state index is 0.483. The smallest absolute Gasteiger partial charge is 0.0529 e. The fraction of sp³-hybridized carbons (Fsp3) is 0.400. The zero-order valence-corrected chi connectivity index (χ0v) is 9.20. The van der Waals surface area contributed by atoms with Gasteiger partial charge in [-0.1, -0.05) is 19.1 Å². The van der Waals surface area contributed by atoms with Crippen LogP contribution in [-0.2, 0) is 16.7 Å². The molecule has 0 spiro atoms. The molecule has 0 radical (unpaired) electrons. The predicted molar refractivity (Wildman–Crippen MR) is 57.6 cm³/mol. The molecule has 0 aliphatic rings. The molecular formula is C10H13ClOS. The zero-order chi connectivity index (χ0) is 9.68. The fourth-order valence-corrected chi connectivity index (χ4v) is 2.36. The molecule has 0 aromatic heterocycles. The lowest BCUT2D eigenvalue weighted by Gasteiger charge is -2.01. The van der Waals surface area contributed by atoms with E-state index in [0.717, 1.165) is 22.6 Å². The van der Waals surface area contributed by atoms with Gasteiger partial charge in [0.2, 0.25) is 0 Å². The Hall–Kier alpha value is -0.340. The second-order valence-electron chi connectivity index (χ2n) is 2.83. The van der Waals surface area contributed by atoms with E-state index in [1.54, 1.807) is 0 Å². The Kier molecular flexibility index (Phi) is 4.46. The Balaban J connectivity index is 2.82. The molecule has 0 fully saturated rings. The number of benzene rings is 1. The first-order valence-electron chi connectivity index (χ1n) is 4.31. The van der Waals surface area contributed by atoms with Crippen LogP contribution < -0.4 is 0 Å². The summed E-state index contributed by atoms with van der Waals surface area (Å²) in [7, 11) is -0.854. The SMILES string of the molecule is CCCS(=O)c1cccc(CCl)c1. The van der Waals surface area contributed by atoms with Crippen LogP contribution in [0.15, 0.2) is 29.2 Å². The number of hydrogen-bond donors (Lipinski definition) is 0. The summed E-state index contributed by atoms with van der Waals surface area (Å²) in [5.74, 6) is 1.21. The van der Waals surface area contributed by atoms with Crippen molar-refractivity contribution in [1.82, 2.24) is 0 Å². The van der Waals surface area contributed by atoms with Crippen LogP contribution in [0, 0.1) is 0 Å². The van der Waals surface area contributed by atoms with Gasteiger partial charge >= 0.3 is 0 Å². The first-order valence-corrected chi connectivity index (χ1v) is 6.16. The van der Waals surface area contributed by atoms with Crippen molar-refractivity contribution in [2.24, 2.45) is 0 Å². The van der Waals surface area contributed by atoms with Gasteiger partial charge < -0.3 is 0 Å². The van der Waals surface area contributed by atoms with Gasteiger partial charge in [0.15, 0.2) is 0 Å². The van der Waals surface area contributed by atoms with Crippen molar-refractivity contribution in [2.45, 2.75) is 24.1 Å². The number of rotatable bonds is 4. The van der Waals surface area contributed by atoms with Gasteiger partial charge in [-0.15, -0.1) is 11.6 Å². The minimum Gasteiger partial charge on any atom is -0.254 e. The lowest BCUT2D eigenvalue weighted by Crippen LogP contribution is -1.96. The van der Waals surface area contributed by atoms with E-state index in [0.29, 0.717) is 5.88 Å². The number of alkyl halides is 1. The maximum absolute atomic E-state index is 11.6. The van der Waals surface area contributed by atoms with Gasteiger partial charge in [-0.25, -0.2) is 0 Å². The normalized spacial score (nSPS) is 12.8. The molecule has 0 amide bonds. The molecule has 1 atom stereocenters. The van der Waals surface area contributed by atoms with E-state index >= 15 is 0 Å². The highest BCUT2D eigenvalue weighted by molar-refractivity contribution is 7.85. The van der Waals surface area contributed by atoms with Crippen molar-refractivity contribution in [3.63, 3.8) is 0 Å². The van der Waals surface area contributed by atoms with Crippen LogP contribution in [0.1, 0.15) is 18.9 Å². The van der Waals surface area contributed by atoms with Gasteiger partial charge in [0, 0.05) is 16.5 Å². The van der Waals surface area contributed by atoms with Crippen LogP contribution in [0.3, 0.4) is 0 Å². The summed E-state index contributed by atoms with van der Waals surface area (Å²) < 4.78 is 11.6. The molecule has 0 bridgehead atoms. The molecule has 3 heteroatoms. The first kappa shape index (κ1) is 10.7. The van der Waals surface area contributed by atoms with Crippen molar-refractivity contribution in [2.75, 3.05) is 5.75 Å². The number of hydrogen-bond acceptors (Lipinski definition) is 1. The Bertz CT molecular complexity index is 299. The first-order chi connectivity index (χ1) is 6.27. The second-order valence-corrected chi connectivity index (χ2v) is 4.67. The van der Waals surface area contributed by atoms with Crippen molar-refractivity contribution < 1.29 is 4.21 Å². The third-order valence-electron chi connectivity index (χ3n) is 1.71. The van der Waals surface area contributed by atoms with Gasteiger partial charge in [0.25, 0.3) is 0 Å². The summed E-state index contributed by atoms with van der Waals surface area (Å²) in [6, 6.07) is 7.65. The van der Waals surface area contributed by atoms with Crippen LogP contribution in [0.4, 0.5) is 0 Å². The minimum atomic E-state index is -0.854. The molecule has 0 aliphatic heterocycles. The Morgan fingerprint density at radius 1 is 1.46 bits per heavy atom. The van der Waals surface area contributed by atoms with Gasteiger partial charge in [-0.2, -0.15) is 0 Å². The van der Waals surface area contributed by atoms with E-state index in [1.165, 1.54) is 0 Å². The van der Waals surface area contributed by atoms with E-state index in [1.807, 2.05) is 31.2 Å². The molecule has 72 valence electrons. The Labute approximate surface area is 86.6 Å². The number of halogens is 1. The van der Waals surface area contributed by atoms with Crippen molar-refractivity contribution >= 4 is 22.4 Å². The van der Waals surface area contributed by atoms with Crippen LogP contribution >= 0.6 is 11.6 Å². The zero-order valence-electron chi connectivity index (χ0n) is 7.63. The molecule has 1 unspecified atom stereocenters. The topological polar surface area (TPSA) is 17.1 Å². The van der Waals surface area contributed by atoms with E-state index < -0.39 is 10.8 Å². The second kappa shape index (κ2) is 5.40. The Morgan fingerprint density at radius 2 is 2.23 bits per heavy atom. The highest BCUT2D eigenvalue weighted by Gasteiger charge is 2.02. The van der Waals surface area contributed by atoms with Crippen molar-refractivity contribution in [3.05, 3.63) is 29.8 Å². The van der Waals surface area contributed by atoms with Crippen molar-refractivity contribution in [1.29, 1.82) is 0 Å². The Morgan fingerprint density at radius 3 is 2.85 bits per heavy atom.